The Morgan fingerprint density at radius 1 is 1.03 bits per heavy atom. The zero-order valence-electron chi connectivity index (χ0n) is 23.5. The van der Waals surface area contributed by atoms with Crippen molar-refractivity contribution >= 4 is 36.0 Å². The number of rotatable bonds is 8. The number of Topliss-reactive ketones (excluding diaryl/α,β-unsaturated/α-hetero) is 2. The Morgan fingerprint density at radius 2 is 1.46 bits per heavy atom. The van der Waals surface area contributed by atoms with Crippen LogP contribution in [0.25, 0.3) is 0 Å². The largest absolute Gasteiger partial charge is 0.542 e. The van der Waals surface area contributed by atoms with Gasteiger partial charge in [-0.05, 0) is 39.0 Å². The minimum atomic E-state index is -0.229. The van der Waals surface area contributed by atoms with Crippen LogP contribution in [0, 0.1) is 32.6 Å². The molecule has 3 unspecified atom stereocenters. The van der Waals surface area contributed by atoms with Gasteiger partial charge in [0.25, 0.3) is 0 Å². The molecule has 0 aromatic carbocycles. The van der Waals surface area contributed by atoms with Crippen LogP contribution in [-0.4, -0.2) is 47.9 Å². The van der Waals surface area contributed by atoms with Crippen molar-refractivity contribution in [2.45, 2.75) is 80.6 Å². The first-order valence-electron chi connectivity index (χ1n) is 10.6. The van der Waals surface area contributed by atoms with Crippen molar-refractivity contribution in [3.63, 3.8) is 0 Å². The van der Waals surface area contributed by atoms with Gasteiger partial charge in [0, 0.05) is 84.8 Å². The first kappa shape index (κ1) is 51.4. The van der Waals surface area contributed by atoms with Crippen LogP contribution in [0.5, 0.6) is 0 Å². The number of hydrogen-bond acceptors (Lipinski definition) is 6. The van der Waals surface area contributed by atoms with Gasteiger partial charge < -0.3 is 29.2 Å². The average molecular weight is 645 g/mol. The van der Waals surface area contributed by atoms with Gasteiger partial charge in [-0.25, -0.2) is 0 Å². The van der Waals surface area contributed by atoms with Crippen molar-refractivity contribution in [2.24, 2.45) is 17.8 Å². The van der Waals surface area contributed by atoms with Gasteiger partial charge in [-0.15, -0.1) is 12.3 Å². The van der Waals surface area contributed by atoms with Crippen LogP contribution >= 0.6 is 0 Å². The van der Waals surface area contributed by atoms with E-state index in [2.05, 4.69) is 26.0 Å². The fourth-order valence-corrected chi connectivity index (χ4v) is 2.01. The maximum atomic E-state index is 10.8. The average Bonchev–Trinajstić information content (AvgIpc) is 2.92. The standard InChI is InChI=1S/C6H9NO2.2C6H9O2.C6H12.2CH3.2Y/c1-4-3-5(8)7(2)6(4)9;1-5(4-7)3-6(2)8;1-5(3-4-7)6(2)8;1-3-5-6-4-2;;;;/h4H,3H2,1-2H3;2*5H,3H2,1-2H3;5-6H,3-4H2,1-2H3;2*1H3;;/q;2*-1;;2*-1;;. The minimum absolute atomic E-state index is 0. The molecule has 0 aliphatic carbocycles. The third-order valence-electron chi connectivity index (χ3n) is 4.12. The van der Waals surface area contributed by atoms with Crippen molar-refractivity contribution in [3.8, 4) is 0 Å². The van der Waals surface area contributed by atoms with Crippen molar-refractivity contribution in [3.05, 3.63) is 27.0 Å². The molecule has 1 fully saturated rings. The Bertz CT molecular complexity index is 603. The molecule has 2 amide bonds. The molecule has 0 aromatic rings. The summed E-state index contributed by atoms with van der Waals surface area (Å²) < 4.78 is 0. The summed E-state index contributed by atoms with van der Waals surface area (Å²) in [7, 11) is 1.52. The SMILES string of the molecule is CC(=O)C(C)C[C-]=O.CC(=O)CC(C)[C-]=O.CC1CC(=O)N(C)C1=O.CCC=CCC.[CH3-].[CH3-].[Y].[Y]. The zero-order valence-corrected chi connectivity index (χ0v) is 29.2. The Morgan fingerprint density at radius 3 is 1.57 bits per heavy atom. The van der Waals surface area contributed by atoms with E-state index in [-0.39, 0.29) is 128 Å². The third kappa shape index (κ3) is 33.8. The van der Waals surface area contributed by atoms with Crippen molar-refractivity contribution < 1.29 is 94.2 Å². The van der Waals surface area contributed by atoms with Gasteiger partial charge in [0.2, 0.25) is 11.8 Å². The van der Waals surface area contributed by atoms with Gasteiger partial charge in [-0.2, -0.15) is 0 Å². The van der Waals surface area contributed by atoms with E-state index < -0.39 is 0 Å². The summed E-state index contributed by atoms with van der Waals surface area (Å²) in [6, 6.07) is 0. The fraction of sp³-hybridized carbons (Fsp3) is 0.615. The van der Waals surface area contributed by atoms with Crippen molar-refractivity contribution in [1.82, 2.24) is 4.90 Å². The molecule has 7 nitrogen and oxygen atoms in total. The number of carbonyl (C=O) groups excluding carboxylic acids is 6. The predicted molar refractivity (Wildman–Crippen MR) is 134 cm³/mol. The molecule has 0 N–H and O–H groups in total. The van der Waals surface area contributed by atoms with Crippen LogP contribution < -0.4 is 0 Å². The third-order valence-corrected chi connectivity index (χ3v) is 4.12. The quantitative estimate of drug-likeness (QED) is 0.216. The molecule has 0 saturated carbocycles. The van der Waals surface area contributed by atoms with Crippen molar-refractivity contribution in [1.29, 1.82) is 0 Å². The molecule has 0 spiro atoms. The number of hydrogen-bond donors (Lipinski definition) is 0. The van der Waals surface area contributed by atoms with Gasteiger partial charge in [0.15, 0.2) is 0 Å². The molecule has 1 heterocycles. The molecule has 1 rings (SSSR count). The zero-order chi connectivity index (χ0) is 25.0. The van der Waals surface area contributed by atoms with Crippen LogP contribution in [0.15, 0.2) is 12.2 Å². The van der Waals surface area contributed by atoms with E-state index >= 15 is 0 Å². The summed E-state index contributed by atoms with van der Waals surface area (Å²) in [5, 5.41) is 0. The van der Waals surface area contributed by atoms with Crippen LogP contribution in [-0.2, 0) is 94.2 Å². The van der Waals surface area contributed by atoms with Crippen LogP contribution in [0.3, 0.4) is 0 Å². The van der Waals surface area contributed by atoms with Gasteiger partial charge in [-0.1, -0.05) is 46.8 Å². The predicted octanol–water partition coefficient (Wildman–Crippen LogP) is 4.69. The van der Waals surface area contributed by atoms with Gasteiger partial charge in [0.1, 0.15) is 11.6 Å². The van der Waals surface area contributed by atoms with E-state index in [1.807, 2.05) is 0 Å². The molecule has 2 radical (unpaired) electrons. The van der Waals surface area contributed by atoms with Gasteiger partial charge >= 0.3 is 0 Å². The molecule has 0 aromatic heterocycles. The molecule has 200 valence electrons. The molecule has 9 heteroatoms. The van der Waals surface area contributed by atoms with E-state index in [1.165, 1.54) is 38.6 Å². The second kappa shape index (κ2) is 33.8. The Balaban J connectivity index is -0.0000000581. The molecular weight excluding hydrogens is 600 g/mol. The molecule has 3 atom stereocenters. The molecular formula is C26H45NO6Y2-4. The minimum Gasteiger partial charge on any atom is -0.542 e. The normalized spacial score (nSPS) is 14.7. The summed E-state index contributed by atoms with van der Waals surface area (Å²) in [6.07, 6.45) is 11.1. The number of imide groups is 1. The summed E-state index contributed by atoms with van der Waals surface area (Å²) in [5.41, 5.74) is 0. The Kier molecular flexibility index (Phi) is 49.6. The van der Waals surface area contributed by atoms with Gasteiger partial charge in [0.05, 0.1) is 0 Å². The van der Waals surface area contributed by atoms with Crippen LogP contribution in [0.1, 0.15) is 80.6 Å². The summed E-state index contributed by atoms with van der Waals surface area (Å²) in [6.45, 7) is 12.4. The summed E-state index contributed by atoms with van der Waals surface area (Å²) in [4.78, 5) is 62.7. The molecule has 1 aliphatic rings. The summed E-state index contributed by atoms with van der Waals surface area (Å²) in [5.74, 6) is -0.496. The first-order valence-corrected chi connectivity index (χ1v) is 10.6. The van der Waals surface area contributed by atoms with E-state index in [9.17, 15) is 28.8 Å². The Hall–Kier alpha value is -0.232. The molecule has 1 aliphatic heterocycles. The molecule has 1 saturated heterocycles. The topological polar surface area (TPSA) is 106 Å². The number of amides is 2. The number of allylic oxidation sites excluding steroid dienone is 2. The fourth-order valence-electron chi connectivity index (χ4n) is 2.01. The van der Waals surface area contributed by atoms with Crippen LogP contribution in [0.2, 0.25) is 0 Å². The van der Waals surface area contributed by atoms with Crippen LogP contribution in [0.4, 0.5) is 0 Å². The van der Waals surface area contributed by atoms with Gasteiger partial charge in [-0.3, -0.25) is 31.9 Å². The number of nitrogens with zero attached hydrogens (tertiary/aromatic N) is 1. The van der Waals surface area contributed by atoms with E-state index in [0.29, 0.717) is 12.8 Å². The molecule has 0 bridgehead atoms. The summed E-state index contributed by atoms with van der Waals surface area (Å²) >= 11 is 0. The van der Waals surface area contributed by atoms with E-state index in [4.69, 9.17) is 0 Å². The number of carbonyl (C=O) groups is 4. The second-order valence-electron chi connectivity index (χ2n) is 7.47. The maximum absolute atomic E-state index is 10.8. The smallest absolute Gasteiger partial charge is 0.232 e. The monoisotopic (exact) mass is 645 g/mol. The Labute approximate surface area is 265 Å². The second-order valence-corrected chi connectivity index (χ2v) is 7.47. The van der Waals surface area contributed by atoms with E-state index in [1.54, 1.807) is 33.3 Å². The van der Waals surface area contributed by atoms with E-state index in [0.717, 1.165) is 0 Å². The number of ketones is 2. The number of likely N-dealkylation sites (tertiary alicyclic amines) is 1. The molecule has 35 heavy (non-hydrogen) atoms. The van der Waals surface area contributed by atoms with Crippen molar-refractivity contribution in [2.75, 3.05) is 7.05 Å². The first-order chi connectivity index (χ1) is 14.4. The maximum Gasteiger partial charge on any atom is 0.232 e.